The summed E-state index contributed by atoms with van der Waals surface area (Å²) in [5.74, 6) is 0. The maximum Gasteiger partial charge on any atom is 0.0791 e. The molecule has 0 bridgehead atoms. The molecule has 1 aliphatic heterocycles. The summed E-state index contributed by atoms with van der Waals surface area (Å²) in [5.41, 5.74) is 8.32. The minimum atomic E-state index is 0.114. The van der Waals surface area contributed by atoms with Gasteiger partial charge in [-0.1, -0.05) is 66.7 Å². The SMILES string of the molecule is Cc1c2c(nc3ccccc13)-c1ccccc1NC2c1ccccc1. The van der Waals surface area contributed by atoms with Gasteiger partial charge >= 0.3 is 0 Å². The highest BCUT2D eigenvalue weighted by Gasteiger charge is 2.28. The average Bonchev–Trinajstić information content (AvgIpc) is 2.68. The van der Waals surface area contributed by atoms with Gasteiger partial charge in [0.2, 0.25) is 0 Å². The van der Waals surface area contributed by atoms with E-state index in [1.807, 2.05) is 0 Å². The number of hydrogen-bond acceptors (Lipinski definition) is 2. The van der Waals surface area contributed by atoms with Gasteiger partial charge in [-0.25, -0.2) is 4.98 Å². The highest BCUT2D eigenvalue weighted by Crippen LogP contribution is 2.44. The second-order valence-corrected chi connectivity index (χ2v) is 6.55. The Morgan fingerprint density at radius 2 is 1.52 bits per heavy atom. The van der Waals surface area contributed by atoms with Crippen LogP contribution in [0.4, 0.5) is 5.69 Å². The molecule has 1 aliphatic rings. The molecule has 1 aromatic heterocycles. The molecule has 0 spiro atoms. The van der Waals surface area contributed by atoms with Crippen LogP contribution >= 0.6 is 0 Å². The van der Waals surface area contributed by atoms with Crippen molar-refractivity contribution < 1.29 is 0 Å². The first-order valence-electron chi connectivity index (χ1n) is 8.63. The highest BCUT2D eigenvalue weighted by atomic mass is 15.0. The van der Waals surface area contributed by atoms with E-state index in [0.29, 0.717) is 0 Å². The summed E-state index contributed by atoms with van der Waals surface area (Å²) in [4.78, 5) is 5.05. The van der Waals surface area contributed by atoms with E-state index in [1.165, 1.54) is 27.6 Å². The van der Waals surface area contributed by atoms with Crippen molar-refractivity contribution in [2.45, 2.75) is 13.0 Å². The lowest BCUT2D eigenvalue weighted by atomic mass is 9.85. The standard InChI is InChI=1S/C23H18N2/c1-15-17-11-5-7-13-19(17)25-23-18-12-6-8-14-20(18)24-22(21(15)23)16-9-3-2-4-10-16/h2-14,22,24H,1H3. The van der Waals surface area contributed by atoms with Gasteiger partial charge in [0, 0.05) is 22.2 Å². The first-order chi connectivity index (χ1) is 12.3. The summed E-state index contributed by atoms with van der Waals surface area (Å²) < 4.78 is 0. The topological polar surface area (TPSA) is 24.9 Å². The van der Waals surface area contributed by atoms with Crippen molar-refractivity contribution in [3.05, 3.63) is 95.6 Å². The number of fused-ring (bicyclic) bond motifs is 4. The van der Waals surface area contributed by atoms with Gasteiger partial charge in [0.1, 0.15) is 0 Å². The Balaban J connectivity index is 1.87. The number of nitrogens with zero attached hydrogens (tertiary/aromatic N) is 1. The van der Waals surface area contributed by atoms with E-state index in [9.17, 15) is 0 Å². The van der Waals surface area contributed by atoms with Gasteiger partial charge in [-0.15, -0.1) is 0 Å². The Hall–Kier alpha value is -3.13. The zero-order valence-electron chi connectivity index (χ0n) is 14.0. The molecule has 1 unspecified atom stereocenters. The summed E-state index contributed by atoms with van der Waals surface area (Å²) in [7, 11) is 0. The van der Waals surface area contributed by atoms with Gasteiger partial charge in [0.25, 0.3) is 0 Å². The number of benzene rings is 3. The molecule has 120 valence electrons. The van der Waals surface area contributed by atoms with Gasteiger partial charge in [-0.3, -0.25) is 0 Å². The Labute approximate surface area is 147 Å². The molecule has 0 saturated carbocycles. The largest absolute Gasteiger partial charge is 0.374 e. The minimum absolute atomic E-state index is 0.114. The quantitative estimate of drug-likeness (QED) is 0.484. The maximum absolute atomic E-state index is 5.05. The molecule has 25 heavy (non-hydrogen) atoms. The van der Waals surface area contributed by atoms with Crippen molar-refractivity contribution in [2.75, 3.05) is 5.32 Å². The van der Waals surface area contributed by atoms with Crippen LogP contribution in [0.3, 0.4) is 0 Å². The van der Waals surface area contributed by atoms with E-state index in [-0.39, 0.29) is 6.04 Å². The van der Waals surface area contributed by atoms with Crippen LogP contribution < -0.4 is 5.32 Å². The molecule has 2 nitrogen and oxygen atoms in total. The fourth-order valence-corrected chi connectivity index (χ4v) is 3.89. The van der Waals surface area contributed by atoms with Crippen LogP contribution in [0, 0.1) is 6.92 Å². The summed E-state index contributed by atoms with van der Waals surface area (Å²) in [5, 5.41) is 4.96. The van der Waals surface area contributed by atoms with Crippen LogP contribution in [0.2, 0.25) is 0 Å². The van der Waals surface area contributed by atoms with Gasteiger partial charge in [0.05, 0.1) is 17.3 Å². The minimum Gasteiger partial charge on any atom is -0.374 e. The third-order valence-corrected chi connectivity index (χ3v) is 5.10. The number of rotatable bonds is 1. The molecule has 2 heterocycles. The predicted octanol–water partition coefficient (Wildman–Crippen LogP) is 5.73. The smallest absolute Gasteiger partial charge is 0.0791 e. The second kappa shape index (κ2) is 5.45. The monoisotopic (exact) mass is 322 g/mol. The first-order valence-corrected chi connectivity index (χ1v) is 8.63. The molecular weight excluding hydrogens is 304 g/mol. The predicted molar refractivity (Wildman–Crippen MR) is 104 cm³/mol. The van der Waals surface area contributed by atoms with Crippen LogP contribution in [0.15, 0.2) is 78.9 Å². The molecular formula is C23H18N2. The van der Waals surface area contributed by atoms with E-state index in [4.69, 9.17) is 4.98 Å². The first kappa shape index (κ1) is 14.2. The van der Waals surface area contributed by atoms with E-state index in [2.05, 4.69) is 91.1 Å². The van der Waals surface area contributed by atoms with E-state index >= 15 is 0 Å². The molecule has 3 aromatic carbocycles. The number of hydrogen-bond donors (Lipinski definition) is 1. The molecule has 5 rings (SSSR count). The van der Waals surface area contributed by atoms with Gasteiger partial charge in [-0.05, 0) is 30.2 Å². The Kier molecular flexibility index (Phi) is 3.10. The second-order valence-electron chi connectivity index (χ2n) is 6.55. The molecule has 0 radical (unpaired) electrons. The van der Waals surface area contributed by atoms with Crippen molar-refractivity contribution in [2.24, 2.45) is 0 Å². The molecule has 4 aromatic rings. The summed E-state index contributed by atoms with van der Waals surface area (Å²) in [6, 6.07) is 27.6. The van der Waals surface area contributed by atoms with E-state index in [0.717, 1.165) is 16.9 Å². The van der Waals surface area contributed by atoms with E-state index in [1.54, 1.807) is 0 Å². The molecule has 0 amide bonds. The molecule has 0 saturated heterocycles. The lowest BCUT2D eigenvalue weighted by molar-refractivity contribution is 0.911. The fraction of sp³-hybridized carbons (Fsp3) is 0.0870. The van der Waals surface area contributed by atoms with Crippen LogP contribution in [-0.2, 0) is 0 Å². The van der Waals surface area contributed by atoms with Gasteiger partial charge in [0.15, 0.2) is 0 Å². The van der Waals surface area contributed by atoms with Crippen molar-refractivity contribution in [3.63, 3.8) is 0 Å². The highest BCUT2D eigenvalue weighted by molar-refractivity contribution is 5.92. The van der Waals surface area contributed by atoms with Gasteiger partial charge < -0.3 is 5.32 Å². The number of pyridine rings is 1. The average molecular weight is 322 g/mol. The third kappa shape index (κ3) is 2.14. The summed E-state index contributed by atoms with van der Waals surface area (Å²) in [6.07, 6.45) is 0. The summed E-state index contributed by atoms with van der Waals surface area (Å²) >= 11 is 0. The maximum atomic E-state index is 5.05. The zero-order valence-corrected chi connectivity index (χ0v) is 14.0. The molecule has 2 heteroatoms. The lowest BCUT2D eigenvalue weighted by Gasteiger charge is -2.31. The van der Waals surface area contributed by atoms with Crippen molar-refractivity contribution >= 4 is 16.6 Å². The number of aryl methyl sites for hydroxylation is 1. The van der Waals surface area contributed by atoms with Crippen molar-refractivity contribution in [1.82, 2.24) is 4.98 Å². The number of nitrogens with one attached hydrogen (secondary N) is 1. The Bertz CT molecular complexity index is 1080. The molecule has 1 atom stereocenters. The van der Waals surface area contributed by atoms with Crippen molar-refractivity contribution in [3.8, 4) is 11.3 Å². The normalized spacial score (nSPS) is 15.3. The van der Waals surface area contributed by atoms with Crippen LogP contribution in [0.25, 0.3) is 22.2 Å². The zero-order chi connectivity index (χ0) is 16.8. The van der Waals surface area contributed by atoms with Gasteiger partial charge in [-0.2, -0.15) is 0 Å². The number of para-hydroxylation sites is 2. The summed E-state index contributed by atoms with van der Waals surface area (Å²) in [6.45, 7) is 2.22. The third-order valence-electron chi connectivity index (χ3n) is 5.10. The molecule has 0 aliphatic carbocycles. The Morgan fingerprint density at radius 1 is 0.800 bits per heavy atom. The van der Waals surface area contributed by atoms with Crippen molar-refractivity contribution in [1.29, 1.82) is 0 Å². The molecule has 1 N–H and O–H groups in total. The lowest BCUT2D eigenvalue weighted by Crippen LogP contribution is -2.20. The van der Waals surface area contributed by atoms with E-state index < -0.39 is 0 Å². The number of aromatic nitrogens is 1. The fourth-order valence-electron chi connectivity index (χ4n) is 3.89. The van der Waals surface area contributed by atoms with Crippen LogP contribution in [0.5, 0.6) is 0 Å². The van der Waals surface area contributed by atoms with Crippen LogP contribution in [0.1, 0.15) is 22.7 Å². The molecule has 0 fully saturated rings. The Morgan fingerprint density at radius 3 is 2.40 bits per heavy atom. The number of anilines is 1. The van der Waals surface area contributed by atoms with Crippen LogP contribution in [-0.4, -0.2) is 4.98 Å².